The second-order valence-corrected chi connectivity index (χ2v) is 7.00. The average molecular weight is 249 g/mol. The van der Waals surface area contributed by atoms with Gasteiger partial charge < -0.3 is 5.32 Å². The lowest BCUT2D eigenvalue weighted by Crippen LogP contribution is -2.36. The van der Waals surface area contributed by atoms with E-state index in [2.05, 4.69) is 36.7 Å². The first-order valence-electron chi connectivity index (χ1n) is 7.05. The van der Waals surface area contributed by atoms with E-state index in [4.69, 9.17) is 0 Å². The van der Waals surface area contributed by atoms with Gasteiger partial charge in [-0.05, 0) is 54.9 Å². The van der Waals surface area contributed by atoms with Crippen LogP contribution in [0.4, 0.5) is 0 Å². The van der Waals surface area contributed by atoms with Gasteiger partial charge in [-0.25, -0.2) is 0 Å². The summed E-state index contributed by atoms with van der Waals surface area (Å²) < 4.78 is 0. The summed E-state index contributed by atoms with van der Waals surface area (Å²) in [5.74, 6) is 2.66. The zero-order chi connectivity index (χ0) is 11.8. The summed E-state index contributed by atoms with van der Waals surface area (Å²) in [5, 5.41) is 6.19. The van der Waals surface area contributed by atoms with Crippen molar-refractivity contribution >= 4 is 11.3 Å². The van der Waals surface area contributed by atoms with Gasteiger partial charge in [0.1, 0.15) is 0 Å². The molecule has 1 heterocycles. The average Bonchev–Trinajstić information content (AvgIpc) is 2.93. The number of hydrogen-bond acceptors (Lipinski definition) is 2. The molecular weight excluding hydrogens is 226 g/mol. The Balaban J connectivity index is 1.69. The van der Waals surface area contributed by atoms with Crippen molar-refractivity contribution in [3.05, 3.63) is 22.4 Å². The number of nitrogens with one attached hydrogen (secondary N) is 1. The molecule has 0 amide bonds. The Labute approximate surface area is 109 Å². The Morgan fingerprint density at radius 2 is 2.06 bits per heavy atom. The third-order valence-corrected chi connectivity index (χ3v) is 5.76. The van der Waals surface area contributed by atoms with Crippen LogP contribution in [0.15, 0.2) is 17.5 Å². The van der Waals surface area contributed by atoms with Gasteiger partial charge in [-0.2, -0.15) is 0 Å². The Kier molecular flexibility index (Phi) is 3.27. The first-order valence-corrected chi connectivity index (χ1v) is 7.93. The van der Waals surface area contributed by atoms with Crippen LogP contribution in [0.2, 0.25) is 0 Å². The Hall–Kier alpha value is -0.340. The van der Waals surface area contributed by atoms with E-state index >= 15 is 0 Å². The van der Waals surface area contributed by atoms with Crippen molar-refractivity contribution < 1.29 is 0 Å². The standard InChI is InChI=1S/C15H23NS/c1-10-5-8-13(11(10)2)16-15(12-6-7-12)14-4-3-9-17-14/h3-4,9-13,15-16H,5-8H2,1-2H3. The van der Waals surface area contributed by atoms with E-state index in [0.29, 0.717) is 6.04 Å². The van der Waals surface area contributed by atoms with Gasteiger partial charge in [0.2, 0.25) is 0 Å². The first-order chi connectivity index (χ1) is 8.25. The molecule has 1 aromatic rings. The number of rotatable bonds is 4. The summed E-state index contributed by atoms with van der Waals surface area (Å²) in [4.78, 5) is 1.55. The quantitative estimate of drug-likeness (QED) is 0.842. The third-order valence-electron chi connectivity index (χ3n) is 4.80. The largest absolute Gasteiger partial charge is 0.306 e. The lowest BCUT2D eigenvalue weighted by atomic mass is 9.96. The van der Waals surface area contributed by atoms with Crippen LogP contribution < -0.4 is 5.32 Å². The zero-order valence-corrected chi connectivity index (χ0v) is 11.7. The van der Waals surface area contributed by atoms with Crippen molar-refractivity contribution in [3.63, 3.8) is 0 Å². The van der Waals surface area contributed by atoms with E-state index in [9.17, 15) is 0 Å². The molecule has 4 atom stereocenters. The minimum Gasteiger partial charge on any atom is -0.306 e. The van der Waals surface area contributed by atoms with Crippen LogP contribution >= 0.6 is 11.3 Å². The van der Waals surface area contributed by atoms with Crippen molar-refractivity contribution in [2.24, 2.45) is 17.8 Å². The zero-order valence-electron chi connectivity index (χ0n) is 10.9. The summed E-state index contributed by atoms with van der Waals surface area (Å²) >= 11 is 1.92. The van der Waals surface area contributed by atoms with Crippen molar-refractivity contribution in [2.75, 3.05) is 0 Å². The van der Waals surface area contributed by atoms with Crippen LogP contribution in [-0.4, -0.2) is 6.04 Å². The maximum Gasteiger partial charge on any atom is 0.0445 e. The van der Waals surface area contributed by atoms with E-state index in [1.54, 1.807) is 4.88 Å². The second kappa shape index (κ2) is 4.74. The molecule has 1 aromatic heterocycles. The van der Waals surface area contributed by atoms with Gasteiger partial charge in [-0.3, -0.25) is 0 Å². The summed E-state index contributed by atoms with van der Waals surface area (Å²) in [6, 6.07) is 5.90. The highest BCUT2D eigenvalue weighted by molar-refractivity contribution is 7.10. The van der Waals surface area contributed by atoms with Gasteiger partial charge >= 0.3 is 0 Å². The Morgan fingerprint density at radius 1 is 1.24 bits per heavy atom. The molecule has 1 N–H and O–H groups in total. The van der Waals surface area contributed by atoms with Gasteiger partial charge in [0.25, 0.3) is 0 Å². The molecule has 0 saturated heterocycles. The first kappa shape index (κ1) is 11.7. The van der Waals surface area contributed by atoms with Crippen LogP contribution in [0.1, 0.15) is 50.4 Å². The second-order valence-electron chi connectivity index (χ2n) is 6.02. The highest BCUT2D eigenvalue weighted by Gasteiger charge is 2.37. The van der Waals surface area contributed by atoms with E-state index in [-0.39, 0.29) is 0 Å². The van der Waals surface area contributed by atoms with Crippen LogP contribution in [0.5, 0.6) is 0 Å². The minimum absolute atomic E-state index is 0.646. The van der Waals surface area contributed by atoms with Crippen molar-refractivity contribution in [1.82, 2.24) is 5.32 Å². The van der Waals surface area contributed by atoms with Gasteiger partial charge in [-0.1, -0.05) is 19.9 Å². The minimum atomic E-state index is 0.646. The van der Waals surface area contributed by atoms with Crippen LogP contribution in [-0.2, 0) is 0 Å². The van der Waals surface area contributed by atoms with E-state index in [1.807, 2.05) is 11.3 Å². The van der Waals surface area contributed by atoms with Crippen molar-refractivity contribution in [3.8, 4) is 0 Å². The van der Waals surface area contributed by atoms with Crippen LogP contribution in [0.3, 0.4) is 0 Å². The fourth-order valence-electron chi connectivity index (χ4n) is 3.18. The molecule has 3 rings (SSSR count). The molecule has 2 fully saturated rings. The summed E-state index contributed by atoms with van der Waals surface area (Å²) in [6.07, 6.45) is 5.62. The summed E-state index contributed by atoms with van der Waals surface area (Å²) in [7, 11) is 0. The Morgan fingerprint density at radius 3 is 2.59 bits per heavy atom. The number of thiophene rings is 1. The fourth-order valence-corrected chi connectivity index (χ4v) is 4.06. The molecule has 0 bridgehead atoms. The molecule has 0 radical (unpaired) electrons. The molecule has 0 aromatic carbocycles. The highest BCUT2D eigenvalue weighted by Crippen LogP contribution is 2.44. The van der Waals surface area contributed by atoms with Gasteiger partial charge in [0, 0.05) is 17.0 Å². The van der Waals surface area contributed by atoms with Crippen LogP contribution in [0.25, 0.3) is 0 Å². The highest BCUT2D eigenvalue weighted by atomic mass is 32.1. The molecule has 2 aliphatic carbocycles. The molecule has 0 spiro atoms. The fraction of sp³-hybridized carbons (Fsp3) is 0.733. The monoisotopic (exact) mass is 249 g/mol. The number of hydrogen-bond donors (Lipinski definition) is 1. The predicted octanol–water partition coefficient (Wildman–Crippen LogP) is 4.22. The SMILES string of the molecule is CC1CCC(NC(c2cccs2)C2CC2)C1C. The topological polar surface area (TPSA) is 12.0 Å². The molecule has 1 nitrogen and oxygen atoms in total. The summed E-state index contributed by atoms with van der Waals surface area (Å²) in [5.41, 5.74) is 0. The molecule has 2 heteroatoms. The van der Waals surface area contributed by atoms with E-state index < -0.39 is 0 Å². The Bertz CT molecular complexity index is 355. The molecule has 0 aliphatic heterocycles. The van der Waals surface area contributed by atoms with Gasteiger partial charge in [-0.15, -0.1) is 11.3 Å². The maximum atomic E-state index is 3.97. The molecule has 2 aliphatic rings. The third kappa shape index (κ3) is 2.43. The van der Waals surface area contributed by atoms with Crippen LogP contribution in [0, 0.1) is 17.8 Å². The van der Waals surface area contributed by atoms with Crippen molar-refractivity contribution in [1.29, 1.82) is 0 Å². The predicted molar refractivity (Wildman–Crippen MR) is 74.3 cm³/mol. The molecule has 4 unspecified atom stereocenters. The van der Waals surface area contributed by atoms with Gasteiger partial charge in [0.05, 0.1) is 0 Å². The van der Waals surface area contributed by atoms with E-state index in [0.717, 1.165) is 23.8 Å². The maximum absolute atomic E-state index is 3.97. The van der Waals surface area contributed by atoms with E-state index in [1.165, 1.54) is 25.7 Å². The van der Waals surface area contributed by atoms with Gasteiger partial charge in [0.15, 0.2) is 0 Å². The summed E-state index contributed by atoms with van der Waals surface area (Å²) in [6.45, 7) is 4.83. The molecule has 94 valence electrons. The molecule has 2 saturated carbocycles. The smallest absolute Gasteiger partial charge is 0.0445 e. The normalized spacial score (nSPS) is 35.1. The molecular formula is C15H23NS. The lowest BCUT2D eigenvalue weighted by molar-refractivity contribution is 0.326. The lowest BCUT2D eigenvalue weighted by Gasteiger charge is -2.26. The molecule has 17 heavy (non-hydrogen) atoms. The van der Waals surface area contributed by atoms with Crippen molar-refractivity contribution in [2.45, 2.75) is 51.6 Å².